The van der Waals surface area contributed by atoms with Gasteiger partial charge in [0.1, 0.15) is 18.3 Å². The van der Waals surface area contributed by atoms with E-state index >= 15 is 0 Å². The highest BCUT2D eigenvalue weighted by molar-refractivity contribution is 7.87. The molecule has 0 amide bonds. The van der Waals surface area contributed by atoms with Crippen molar-refractivity contribution in [2.24, 2.45) is 35.3 Å². The van der Waals surface area contributed by atoms with Crippen molar-refractivity contribution in [2.45, 2.75) is 55.8 Å². The van der Waals surface area contributed by atoms with E-state index in [2.05, 4.69) is 0 Å². The van der Waals surface area contributed by atoms with Crippen LogP contribution in [0.4, 0.5) is 0 Å². The zero-order valence-electron chi connectivity index (χ0n) is 13.7. The molecule has 138 valence electrons. The highest BCUT2D eigenvalue weighted by Crippen LogP contribution is 2.55. The molecule has 5 aliphatic rings. The maximum Gasteiger partial charge on any atom is 0.321 e. The third-order valence-corrected chi connectivity index (χ3v) is 8.71. The highest BCUT2D eigenvalue weighted by atomic mass is 32.2. The number of carbonyl (C=O) groups is 2. The quantitative estimate of drug-likeness (QED) is 0.394. The van der Waals surface area contributed by atoms with Crippen molar-refractivity contribution >= 4 is 22.1 Å². The summed E-state index contributed by atoms with van der Waals surface area (Å²) >= 11 is 0. The lowest BCUT2D eigenvalue weighted by atomic mass is 9.86. The Kier molecular flexibility index (Phi) is 3.17. The van der Waals surface area contributed by atoms with Crippen LogP contribution in [-0.4, -0.2) is 50.0 Å². The molecule has 8 nitrogen and oxygen atoms in total. The van der Waals surface area contributed by atoms with Crippen LogP contribution in [0.3, 0.4) is 0 Å². The molecule has 0 spiro atoms. The molecule has 5 fully saturated rings. The molecule has 0 radical (unpaired) electrons. The molecule has 5 rings (SSSR count). The van der Waals surface area contributed by atoms with E-state index in [4.69, 9.17) is 19.4 Å². The van der Waals surface area contributed by atoms with Gasteiger partial charge in [0, 0.05) is 23.8 Å². The van der Waals surface area contributed by atoms with Crippen molar-refractivity contribution in [1.29, 1.82) is 0 Å². The molecule has 10 atom stereocenters. The van der Waals surface area contributed by atoms with E-state index in [1.807, 2.05) is 6.92 Å². The molecule has 25 heavy (non-hydrogen) atoms. The van der Waals surface area contributed by atoms with E-state index in [0.29, 0.717) is 19.3 Å². The summed E-state index contributed by atoms with van der Waals surface area (Å²) in [6.45, 7) is 1.96. The number of nitrogens with two attached hydrogens (primary N) is 1. The number of esters is 2. The summed E-state index contributed by atoms with van der Waals surface area (Å²) in [6, 6.07) is -0.363. The Balaban J connectivity index is 1.36. The number of rotatable bonds is 2. The van der Waals surface area contributed by atoms with Crippen molar-refractivity contribution in [3.05, 3.63) is 0 Å². The molecule has 0 aromatic heterocycles. The van der Waals surface area contributed by atoms with Crippen LogP contribution >= 0.6 is 0 Å². The van der Waals surface area contributed by atoms with Gasteiger partial charge in [0.2, 0.25) is 0 Å². The van der Waals surface area contributed by atoms with Gasteiger partial charge in [0.05, 0.1) is 5.25 Å². The first kappa shape index (κ1) is 16.0. The van der Waals surface area contributed by atoms with Crippen LogP contribution < -0.4 is 5.73 Å². The average molecular weight is 371 g/mol. The van der Waals surface area contributed by atoms with Crippen molar-refractivity contribution in [1.82, 2.24) is 0 Å². The van der Waals surface area contributed by atoms with Crippen LogP contribution in [-0.2, 0) is 33.4 Å². The standard InChI is InChI=1S/C16H21NO7S/c1-5-2-8-10(15(18)22-12(5)11(8)17)16(19)23-13-6-3-7-9(4-6)25(20,21)24-14(7)13/h5-14H,2-4,17H2,1H3. The van der Waals surface area contributed by atoms with Gasteiger partial charge in [0.15, 0.2) is 5.92 Å². The van der Waals surface area contributed by atoms with E-state index in [9.17, 15) is 18.0 Å². The first-order valence-electron chi connectivity index (χ1n) is 8.86. The van der Waals surface area contributed by atoms with Crippen LogP contribution in [0.5, 0.6) is 0 Å². The zero-order chi connectivity index (χ0) is 17.7. The minimum atomic E-state index is -3.56. The fraction of sp³-hybridized carbons (Fsp3) is 0.875. The largest absolute Gasteiger partial charge is 0.460 e. The van der Waals surface area contributed by atoms with E-state index in [1.54, 1.807) is 0 Å². The van der Waals surface area contributed by atoms with Crippen molar-refractivity contribution in [3.8, 4) is 0 Å². The minimum Gasteiger partial charge on any atom is -0.460 e. The van der Waals surface area contributed by atoms with Crippen LogP contribution in [0.25, 0.3) is 0 Å². The topological polar surface area (TPSA) is 122 Å². The van der Waals surface area contributed by atoms with Gasteiger partial charge < -0.3 is 15.2 Å². The lowest BCUT2D eigenvalue weighted by Gasteiger charge is -2.33. The Morgan fingerprint density at radius 1 is 1.20 bits per heavy atom. The van der Waals surface area contributed by atoms with Crippen molar-refractivity contribution in [2.75, 3.05) is 0 Å². The minimum absolute atomic E-state index is 0.0234. The maximum absolute atomic E-state index is 12.7. The monoisotopic (exact) mass is 371 g/mol. The zero-order valence-corrected chi connectivity index (χ0v) is 14.6. The Bertz CT molecular complexity index is 752. The van der Waals surface area contributed by atoms with Crippen LogP contribution in [0, 0.1) is 29.6 Å². The van der Waals surface area contributed by atoms with Gasteiger partial charge >= 0.3 is 11.9 Å². The Morgan fingerprint density at radius 2 is 1.96 bits per heavy atom. The molecule has 3 aliphatic carbocycles. The van der Waals surface area contributed by atoms with Gasteiger partial charge in [0.25, 0.3) is 10.1 Å². The van der Waals surface area contributed by atoms with Crippen molar-refractivity contribution < 1.29 is 31.7 Å². The lowest BCUT2D eigenvalue weighted by Crippen LogP contribution is -2.52. The molecule has 2 heterocycles. The number of carbonyl (C=O) groups excluding carboxylic acids is 2. The molecule has 2 N–H and O–H groups in total. The summed E-state index contributed by atoms with van der Waals surface area (Å²) in [5.41, 5.74) is 6.14. The molecule has 0 aromatic carbocycles. The predicted octanol–water partition coefficient (Wildman–Crippen LogP) is -0.440. The second kappa shape index (κ2) is 4.95. The molecule has 4 bridgehead atoms. The van der Waals surface area contributed by atoms with Gasteiger partial charge in [-0.1, -0.05) is 6.92 Å². The lowest BCUT2D eigenvalue weighted by molar-refractivity contribution is -0.180. The van der Waals surface area contributed by atoms with Gasteiger partial charge in [-0.2, -0.15) is 8.42 Å². The third-order valence-electron chi connectivity index (χ3n) is 6.93. The summed E-state index contributed by atoms with van der Waals surface area (Å²) < 4.78 is 40.2. The molecule has 3 saturated carbocycles. The van der Waals surface area contributed by atoms with Gasteiger partial charge in [-0.15, -0.1) is 0 Å². The van der Waals surface area contributed by atoms with Crippen LogP contribution in [0.2, 0.25) is 0 Å². The summed E-state index contributed by atoms with van der Waals surface area (Å²) in [5.74, 6) is -2.55. The summed E-state index contributed by atoms with van der Waals surface area (Å²) in [5, 5.41) is -0.470. The molecular formula is C16H21NO7S. The maximum atomic E-state index is 12.7. The summed E-state index contributed by atoms with van der Waals surface area (Å²) in [6.07, 6.45) is 0.230. The first-order valence-corrected chi connectivity index (χ1v) is 10.3. The fourth-order valence-electron chi connectivity index (χ4n) is 5.80. The van der Waals surface area contributed by atoms with Crippen LogP contribution in [0.1, 0.15) is 26.2 Å². The Labute approximate surface area is 145 Å². The fourth-order valence-corrected chi connectivity index (χ4v) is 7.68. The van der Waals surface area contributed by atoms with E-state index in [-0.39, 0.29) is 35.8 Å². The molecule has 2 saturated heterocycles. The highest BCUT2D eigenvalue weighted by Gasteiger charge is 2.66. The van der Waals surface area contributed by atoms with Gasteiger partial charge in [-0.05, 0) is 25.2 Å². The first-order chi connectivity index (χ1) is 11.8. The van der Waals surface area contributed by atoms with Crippen molar-refractivity contribution in [3.63, 3.8) is 0 Å². The number of fused-ring (bicyclic) bond motifs is 3. The summed E-state index contributed by atoms with van der Waals surface area (Å²) in [7, 11) is -3.56. The van der Waals surface area contributed by atoms with E-state index < -0.39 is 45.4 Å². The van der Waals surface area contributed by atoms with E-state index in [0.717, 1.165) is 0 Å². The molecule has 9 heteroatoms. The predicted molar refractivity (Wildman–Crippen MR) is 82.3 cm³/mol. The van der Waals surface area contributed by atoms with E-state index in [1.165, 1.54) is 0 Å². The number of hydrogen-bond donors (Lipinski definition) is 1. The third kappa shape index (κ3) is 2.03. The second-order valence-electron chi connectivity index (χ2n) is 8.22. The average Bonchev–Trinajstić information content (AvgIpc) is 3.18. The number of hydrogen-bond acceptors (Lipinski definition) is 8. The smallest absolute Gasteiger partial charge is 0.321 e. The Hall–Kier alpha value is -1.19. The van der Waals surface area contributed by atoms with Crippen LogP contribution in [0.15, 0.2) is 0 Å². The summed E-state index contributed by atoms with van der Waals surface area (Å²) in [4.78, 5) is 25.0. The molecule has 10 unspecified atom stereocenters. The SMILES string of the molecule is CC1CC2C(C(=O)OC3C4CC5C3OS(=O)(=O)C5C4)C(=O)OC1C2N. The molecule has 2 aliphatic heterocycles. The second-order valence-corrected chi connectivity index (χ2v) is 10.0. The normalized spacial score (nSPS) is 54.6. The number of ether oxygens (including phenoxy) is 2. The molecule has 0 aromatic rings. The van der Waals surface area contributed by atoms with Gasteiger partial charge in [-0.3, -0.25) is 13.8 Å². The molecular weight excluding hydrogens is 350 g/mol. The Morgan fingerprint density at radius 3 is 2.72 bits per heavy atom. The van der Waals surface area contributed by atoms with Gasteiger partial charge in [-0.25, -0.2) is 0 Å².